The normalized spacial score (nSPS) is 14.0. The standard InChI is InChI=1S/C24H29N7O3/c1-24(2,3)34-23(32)31-15-13-30(14-16-31)22-25-12-11-20(27-22)26-18-7-5-17(6-8-18)19-9-10-21(33-4)29-28-19/h5-12H,13-16H2,1-4H3,(H,25,26,27). The number of aromatic nitrogens is 4. The Labute approximate surface area is 198 Å². The summed E-state index contributed by atoms with van der Waals surface area (Å²) in [6.07, 6.45) is 1.44. The van der Waals surface area contributed by atoms with Crippen LogP contribution in [0.1, 0.15) is 20.8 Å². The molecule has 2 aromatic heterocycles. The van der Waals surface area contributed by atoms with Crippen molar-refractivity contribution in [1.82, 2.24) is 25.1 Å². The first-order valence-electron chi connectivity index (χ1n) is 11.1. The first kappa shape index (κ1) is 23.2. The molecule has 0 spiro atoms. The average molecular weight is 464 g/mol. The Balaban J connectivity index is 1.36. The van der Waals surface area contributed by atoms with Gasteiger partial charge in [0.2, 0.25) is 11.8 Å². The quantitative estimate of drug-likeness (QED) is 0.605. The first-order valence-corrected chi connectivity index (χ1v) is 11.1. The van der Waals surface area contributed by atoms with Gasteiger partial charge in [-0.15, -0.1) is 10.2 Å². The van der Waals surface area contributed by atoms with Crippen LogP contribution >= 0.6 is 0 Å². The number of nitrogens with zero attached hydrogens (tertiary/aromatic N) is 6. The minimum atomic E-state index is -0.502. The van der Waals surface area contributed by atoms with Crippen LogP contribution in [0, 0.1) is 0 Å². The molecular weight excluding hydrogens is 434 g/mol. The summed E-state index contributed by atoms with van der Waals surface area (Å²) >= 11 is 0. The number of nitrogens with one attached hydrogen (secondary N) is 1. The third-order valence-corrected chi connectivity index (χ3v) is 5.16. The molecule has 3 heterocycles. The Morgan fingerprint density at radius 1 is 0.971 bits per heavy atom. The molecule has 178 valence electrons. The third kappa shape index (κ3) is 5.89. The van der Waals surface area contributed by atoms with E-state index in [4.69, 9.17) is 9.47 Å². The highest BCUT2D eigenvalue weighted by atomic mass is 16.6. The molecule has 1 saturated heterocycles. The maximum atomic E-state index is 12.3. The van der Waals surface area contributed by atoms with E-state index in [-0.39, 0.29) is 6.09 Å². The highest BCUT2D eigenvalue weighted by molar-refractivity contribution is 5.68. The molecule has 1 fully saturated rings. The molecule has 1 amide bonds. The monoisotopic (exact) mass is 463 g/mol. The number of benzene rings is 1. The van der Waals surface area contributed by atoms with E-state index in [1.54, 1.807) is 24.3 Å². The van der Waals surface area contributed by atoms with Crippen molar-refractivity contribution in [3.05, 3.63) is 48.7 Å². The molecule has 0 unspecified atom stereocenters. The third-order valence-electron chi connectivity index (χ3n) is 5.16. The zero-order valence-electron chi connectivity index (χ0n) is 19.9. The van der Waals surface area contributed by atoms with Gasteiger partial charge in [-0.2, -0.15) is 4.98 Å². The van der Waals surface area contributed by atoms with Crippen LogP contribution in [0.2, 0.25) is 0 Å². The average Bonchev–Trinajstić information content (AvgIpc) is 2.84. The fourth-order valence-electron chi connectivity index (χ4n) is 3.44. The number of amides is 1. The molecule has 34 heavy (non-hydrogen) atoms. The second-order valence-corrected chi connectivity index (χ2v) is 8.86. The molecule has 0 aliphatic carbocycles. The number of rotatable bonds is 5. The lowest BCUT2D eigenvalue weighted by Gasteiger charge is -2.35. The van der Waals surface area contributed by atoms with Gasteiger partial charge < -0.3 is 24.6 Å². The number of hydrogen-bond donors (Lipinski definition) is 1. The van der Waals surface area contributed by atoms with Gasteiger partial charge >= 0.3 is 6.09 Å². The number of piperazine rings is 1. The number of methoxy groups -OCH3 is 1. The van der Waals surface area contributed by atoms with Crippen molar-refractivity contribution in [1.29, 1.82) is 0 Å². The number of ether oxygens (including phenoxy) is 2. The Kier molecular flexibility index (Phi) is 6.76. The van der Waals surface area contributed by atoms with Gasteiger partial charge in [0.1, 0.15) is 11.4 Å². The molecule has 0 atom stereocenters. The number of carbonyl (C=O) groups excluding carboxylic acids is 1. The van der Waals surface area contributed by atoms with Crippen molar-refractivity contribution in [2.45, 2.75) is 26.4 Å². The summed E-state index contributed by atoms with van der Waals surface area (Å²) in [5.41, 5.74) is 2.11. The van der Waals surface area contributed by atoms with E-state index >= 15 is 0 Å². The summed E-state index contributed by atoms with van der Waals surface area (Å²) in [7, 11) is 1.56. The van der Waals surface area contributed by atoms with Crippen molar-refractivity contribution in [2.75, 3.05) is 43.5 Å². The summed E-state index contributed by atoms with van der Waals surface area (Å²) in [5, 5.41) is 11.5. The maximum Gasteiger partial charge on any atom is 0.410 e. The van der Waals surface area contributed by atoms with Crippen molar-refractivity contribution in [3.63, 3.8) is 0 Å². The number of anilines is 3. The zero-order valence-corrected chi connectivity index (χ0v) is 19.9. The van der Waals surface area contributed by atoms with Crippen molar-refractivity contribution >= 4 is 23.5 Å². The predicted molar refractivity (Wildman–Crippen MR) is 129 cm³/mol. The second-order valence-electron chi connectivity index (χ2n) is 8.86. The molecule has 10 heteroatoms. The molecule has 1 aromatic carbocycles. The fourth-order valence-corrected chi connectivity index (χ4v) is 3.44. The molecule has 3 aromatic rings. The predicted octanol–water partition coefficient (Wildman–Crippen LogP) is 3.74. The Morgan fingerprint density at radius 2 is 1.71 bits per heavy atom. The Hall–Kier alpha value is -3.95. The zero-order chi connectivity index (χ0) is 24.1. The van der Waals surface area contributed by atoms with E-state index in [2.05, 4.69) is 30.4 Å². The second kappa shape index (κ2) is 9.90. The van der Waals surface area contributed by atoms with Crippen LogP contribution in [0.4, 0.5) is 22.2 Å². The highest BCUT2D eigenvalue weighted by Crippen LogP contribution is 2.23. The van der Waals surface area contributed by atoms with Gasteiger partial charge in [-0.3, -0.25) is 0 Å². The van der Waals surface area contributed by atoms with Crippen LogP contribution in [0.5, 0.6) is 5.88 Å². The Bertz CT molecular complexity index is 1110. The smallest absolute Gasteiger partial charge is 0.410 e. The van der Waals surface area contributed by atoms with Gasteiger partial charge in [-0.05, 0) is 45.0 Å². The van der Waals surface area contributed by atoms with Crippen LogP contribution in [0.25, 0.3) is 11.3 Å². The minimum Gasteiger partial charge on any atom is -0.480 e. The summed E-state index contributed by atoms with van der Waals surface area (Å²) in [4.78, 5) is 25.1. The van der Waals surface area contributed by atoms with Crippen LogP contribution in [0.3, 0.4) is 0 Å². The van der Waals surface area contributed by atoms with Crippen LogP contribution in [0.15, 0.2) is 48.7 Å². The van der Waals surface area contributed by atoms with E-state index in [0.717, 1.165) is 16.9 Å². The minimum absolute atomic E-state index is 0.285. The van der Waals surface area contributed by atoms with Crippen LogP contribution in [-0.2, 0) is 4.74 Å². The van der Waals surface area contributed by atoms with Crippen molar-refractivity contribution in [2.24, 2.45) is 0 Å². The number of carbonyl (C=O) groups is 1. The molecule has 10 nitrogen and oxygen atoms in total. The van der Waals surface area contributed by atoms with Crippen molar-refractivity contribution < 1.29 is 14.3 Å². The highest BCUT2D eigenvalue weighted by Gasteiger charge is 2.26. The SMILES string of the molecule is COc1ccc(-c2ccc(Nc3ccnc(N4CCN(C(=O)OC(C)(C)C)CC4)n3)cc2)nn1. The fraction of sp³-hybridized carbons (Fsp3) is 0.375. The maximum absolute atomic E-state index is 12.3. The summed E-state index contributed by atoms with van der Waals surface area (Å²) in [5.74, 6) is 1.79. The summed E-state index contributed by atoms with van der Waals surface area (Å²) in [6, 6.07) is 13.3. The molecule has 1 aliphatic heterocycles. The first-order chi connectivity index (χ1) is 16.3. The van der Waals surface area contributed by atoms with Gasteiger partial charge in [0.15, 0.2) is 0 Å². The number of hydrogen-bond acceptors (Lipinski definition) is 9. The Morgan fingerprint density at radius 3 is 2.32 bits per heavy atom. The van der Waals surface area contributed by atoms with Crippen LogP contribution in [-0.4, -0.2) is 70.0 Å². The van der Waals surface area contributed by atoms with Crippen molar-refractivity contribution in [3.8, 4) is 17.1 Å². The molecule has 0 saturated carbocycles. The molecule has 0 radical (unpaired) electrons. The van der Waals surface area contributed by atoms with Gasteiger partial charge in [0.25, 0.3) is 0 Å². The van der Waals surface area contributed by atoms with Crippen LogP contribution < -0.4 is 15.0 Å². The van der Waals surface area contributed by atoms with E-state index in [0.29, 0.717) is 43.8 Å². The summed E-state index contributed by atoms with van der Waals surface area (Å²) in [6.45, 7) is 8.01. The lowest BCUT2D eigenvalue weighted by atomic mass is 10.1. The van der Waals surface area contributed by atoms with E-state index in [1.807, 2.05) is 57.2 Å². The van der Waals surface area contributed by atoms with Gasteiger partial charge in [-0.1, -0.05) is 12.1 Å². The lowest BCUT2D eigenvalue weighted by molar-refractivity contribution is 0.0240. The molecule has 1 N–H and O–H groups in total. The molecule has 0 bridgehead atoms. The topological polar surface area (TPSA) is 106 Å². The van der Waals surface area contributed by atoms with Gasteiger partial charge in [0.05, 0.1) is 12.8 Å². The van der Waals surface area contributed by atoms with Gasteiger partial charge in [0, 0.05) is 49.7 Å². The van der Waals surface area contributed by atoms with E-state index < -0.39 is 5.60 Å². The van der Waals surface area contributed by atoms with E-state index in [9.17, 15) is 4.79 Å². The summed E-state index contributed by atoms with van der Waals surface area (Å²) < 4.78 is 10.5. The molecule has 1 aliphatic rings. The van der Waals surface area contributed by atoms with Gasteiger partial charge in [-0.25, -0.2) is 9.78 Å². The van der Waals surface area contributed by atoms with E-state index in [1.165, 1.54) is 0 Å². The molecule has 4 rings (SSSR count). The lowest BCUT2D eigenvalue weighted by Crippen LogP contribution is -2.50. The largest absolute Gasteiger partial charge is 0.480 e. The molecular formula is C24H29N7O3.